The molecule has 0 amide bonds. The first-order valence-electron chi connectivity index (χ1n) is 3.77. The minimum absolute atomic E-state index is 0.00185. The summed E-state index contributed by atoms with van der Waals surface area (Å²) >= 11 is 0. The number of nitrogens with two attached hydrogens (primary N) is 1. The van der Waals surface area contributed by atoms with Crippen LogP contribution in [-0.2, 0) is 10.0 Å². The van der Waals surface area contributed by atoms with Gasteiger partial charge in [-0.15, -0.1) is 0 Å². The minimum Gasteiger partial charge on any atom is -0.411 e. The number of nitrogens with zero attached hydrogens (tertiary/aromatic N) is 1. The normalized spacial score (nSPS) is 12.9. The molecule has 0 aromatic heterocycles. The lowest BCUT2D eigenvalue weighted by Gasteiger charge is -2.01. The lowest BCUT2D eigenvalue weighted by molar-refractivity contribution is 0.319. The molecule has 0 radical (unpaired) electrons. The second-order valence-electron chi connectivity index (χ2n) is 2.76. The Hall–Kier alpha value is -1.40. The number of rotatable bonds is 2. The largest absolute Gasteiger partial charge is 0.411 e. The molecule has 1 aromatic rings. The molecule has 6 heteroatoms. The molecule has 0 bridgehead atoms. The van der Waals surface area contributed by atoms with Gasteiger partial charge in [-0.3, -0.25) is 0 Å². The molecule has 0 saturated heterocycles. The van der Waals surface area contributed by atoms with E-state index in [1.165, 1.54) is 18.2 Å². The second-order valence-corrected chi connectivity index (χ2v) is 4.32. The zero-order chi connectivity index (χ0) is 10.8. The van der Waals surface area contributed by atoms with Crippen LogP contribution in [0.5, 0.6) is 0 Å². The van der Waals surface area contributed by atoms with Crippen LogP contribution in [0, 0.1) is 0 Å². The Balaban J connectivity index is 3.28. The van der Waals surface area contributed by atoms with E-state index in [2.05, 4.69) is 5.16 Å². The predicted octanol–water partition coefficient (Wildman–Crippen LogP) is 0.532. The zero-order valence-corrected chi connectivity index (χ0v) is 8.32. The number of hydrogen-bond donors (Lipinski definition) is 2. The van der Waals surface area contributed by atoms with E-state index in [0.717, 1.165) is 0 Å². The van der Waals surface area contributed by atoms with E-state index in [4.69, 9.17) is 10.3 Å². The lowest BCUT2D eigenvalue weighted by atomic mass is 10.1. The van der Waals surface area contributed by atoms with Crippen LogP contribution < -0.4 is 5.14 Å². The highest BCUT2D eigenvalue weighted by molar-refractivity contribution is 7.89. The Morgan fingerprint density at radius 1 is 1.50 bits per heavy atom. The average Bonchev–Trinajstić information content (AvgIpc) is 2.15. The first-order valence-corrected chi connectivity index (χ1v) is 5.31. The van der Waals surface area contributed by atoms with Crippen molar-refractivity contribution in [3.63, 3.8) is 0 Å². The van der Waals surface area contributed by atoms with Gasteiger partial charge in [0.25, 0.3) is 0 Å². The first-order chi connectivity index (χ1) is 6.45. The average molecular weight is 214 g/mol. The van der Waals surface area contributed by atoms with E-state index in [0.29, 0.717) is 11.3 Å². The van der Waals surface area contributed by atoms with Gasteiger partial charge in [0.05, 0.1) is 10.6 Å². The molecule has 14 heavy (non-hydrogen) atoms. The Bertz CT molecular complexity index is 465. The van der Waals surface area contributed by atoms with Crippen molar-refractivity contribution in [2.45, 2.75) is 11.8 Å². The maximum atomic E-state index is 11.0. The highest BCUT2D eigenvalue weighted by Gasteiger charge is 2.08. The molecule has 5 nitrogen and oxygen atoms in total. The van der Waals surface area contributed by atoms with Gasteiger partial charge in [-0.25, -0.2) is 13.6 Å². The molecule has 0 aliphatic heterocycles. The summed E-state index contributed by atoms with van der Waals surface area (Å²) in [5.74, 6) is 0. The van der Waals surface area contributed by atoms with Gasteiger partial charge in [0, 0.05) is 5.56 Å². The van der Waals surface area contributed by atoms with Crippen molar-refractivity contribution in [1.82, 2.24) is 0 Å². The highest BCUT2D eigenvalue weighted by Crippen LogP contribution is 2.10. The Kier molecular flexibility index (Phi) is 2.87. The number of oxime groups is 1. The van der Waals surface area contributed by atoms with Gasteiger partial charge in [0.1, 0.15) is 0 Å². The fourth-order valence-electron chi connectivity index (χ4n) is 0.956. The molecule has 0 fully saturated rings. The van der Waals surface area contributed by atoms with Crippen LogP contribution in [-0.4, -0.2) is 19.3 Å². The summed E-state index contributed by atoms with van der Waals surface area (Å²) in [7, 11) is -3.70. The highest BCUT2D eigenvalue weighted by atomic mass is 32.2. The van der Waals surface area contributed by atoms with Crippen molar-refractivity contribution in [1.29, 1.82) is 0 Å². The van der Waals surface area contributed by atoms with Crippen molar-refractivity contribution < 1.29 is 13.6 Å². The molecule has 0 saturated carbocycles. The molecular formula is C8H10N2O3S. The second kappa shape index (κ2) is 3.77. The number of benzene rings is 1. The molecule has 0 atom stereocenters. The SMILES string of the molecule is C/C(=N/O)c1cccc(S(N)(=O)=O)c1. The van der Waals surface area contributed by atoms with Crippen molar-refractivity contribution in [2.75, 3.05) is 0 Å². The van der Waals surface area contributed by atoms with E-state index in [-0.39, 0.29) is 4.90 Å². The van der Waals surface area contributed by atoms with Gasteiger partial charge in [0.2, 0.25) is 10.0 Å². The molecule has 0 unspecified atom stereocenters. The van der Waals surface area contributed by atoms with Crippen LogP contribution in [0.1, 0.15) is 12.5 Å². The summed E-state index contributed by atoms with van der Waals surface area (Å²) in [6.45, 7) is 1.56. The van der Waals surface area contributed by atoms with E-state index in [1.807, 2.05) is 0 Å². The summed E-state index contributed by atoms with van der Waals surface area (Å²) in [5.41, 5.74) is 0.842. The van der Waals surface area contributed by atoms with Gasteiger partial charge in [-0.1, -0.05) is 17.3 Å². The van der Waals surface area contributed by atoms with Crippen molar-refractivity contribution >= 4 is 15.7 Å². The molecule has 0 aliphatic rings. The quantitative estimate of drug-likeness (QED) is 0.427. The first kappa shape index (κ1) is 10.7. The summed E-state index contributed by atoms with van der Waals surface area (Å²) in [6, 6.07) is 5.89. The smallest absolute Gasteiger partial charge is 0.238 e. The van der Waals surface area contributed by atoms with Crippen LogP contribution in [0.2, 0.25) is 0 Å². The molecule has 0 aliphatic carbocycles. The van der Waals surface area contributed by atoms with Crippen LogP contribution in [0.4, 0.5) is 0 Å². The van der Waals surface area contributed by atoms with E-state index >= 15 is 0 Å². The molecule has 1 aromatic carbocycles. The molecule has 0 heterocycles. The Morgan fingerprint density at radius 2 is 2.14 bits per heavy atom. The van der Waals surface area contributed by atoms with Crippen LogP contribution in [0.15, 0.2) is 34.3 Å². The summed E-state index contributed by atoms with van der Waals surface area (Å²) in [6.07, 6.45) is 0. The van der Waals surface area contributed by atoms with Gasteiger partial charge < -0.3 is 5.21 Å². The van der Waals surface area contributed by atoms with Crippen molar-refractivity contribution in [3.8, 4) is 0 Å². The van der Waals surface area contributed by atoms with E-state index < -0.39 is 10.0 Å². The third kappa shape index (κ3) is 2.30. The Labute approximate surface area is 81.9 Å². The Morgan fingerprint density at radius 3 is 2.64 bits per heavy atom. The maximum Gasteiger partial charge on any atom is 0.238 e. The van der Waals surface area contributed by atoms with Gasteiger partial charge in [-0.2, -0.15) is 0 Å². The van der Waals surface area contributed by atoms with E-state index in [1.54, 1.807) is 13.0 Å². The van der Waals surface area contributed by atoms with Crippen molar-refractivity contribution in [3.05, 3.63) is 29.8 Å². The number of sulfonamides is 1. The third-order valence-corrected chi connectivity index (χ3v) is 2.64. The van der Waals surface area contributed by atoms with E-state index in [9.17, 15) is 8.42 Å². The van der Waals surface area contributed by atoms with Gasteiger partial charge in [0.15, 0.2) is 0 Å². The molecule has 1 rings (SSSR count). The number of primary sulfonamides is 1. The summed E-state index contributed by atoms with van der Waals surface area (Å²) in [4.78, 5) is -0.00185. The molecule has 3 N–H and O–H groups in total. The fraction of sp³-hybridized carbons (Fsp3) is 0.125. The van der Waals surface area contributed by atoms with Gasteiger partial charge >= 0.3 is 0 Å². The topological polar surface area (TPSA) is 92.8 Å². The minimum atomic E-state index is -3.70. The van der Waals surface area contributed by atoms with Crippen molar-refractivity contribution in [2.24, 2.45) is 10.3 Å². The standard InChI is InChI=1S/C8H10N2O3S/c1-6(10-11)7-3-2-4-8(5-7)14(9,12)13/h2-5,11H,1H3,(H2,9,12,13)/b10-6-. The zero-order valence-electron chi connectivity index (χ0n) is 7.51. The summed E-state index contributed by atoms with van der Waals surface area (Å²) < 4.78 is 21.9. The van der Waals surface area contributed by atoms with Crippen LogP contribution >= 0.6 is 0 Å². The molecule has 0 spiro atoms. The molecule has 76 valence electrons. The monoisotopic (exact) mass is 214 g/mol. The summed E-state index contributed by atoms with van der Waals surface area (Å²) in [5, 5.41) is 16.4. The van der Waals surface area contributed by atoms with Crippen LogP contribution in [0.3, 0.4) is 0 Å². The lowest BCUT2D eigenvalue weighted by Crippen LogP contribution is -2.12. The maximum absolute atomic E-state index is 11.0. The van der Waals surface area contributed by atoms with Gasteiger partial charge in [-0.05, 0) is 19.1 Å². The molecular weight excluding hydrogens is 204 g/mol. The number of hydrogen-bond acceptors (Lipinski definition) is 4. The van der Waals surface area contributed by atoms with Crippen LogP contribution in [0.25, 0.3) is 0 Å². The predicted molar refractivity (Wildman–Crippen MR) is 51.8 cm³/mol. The third-order valence-electron chi connectivity index (χ3n) is 1.73. The fourth-order valence-corrected chi connectivity index (χ4v) is 1.52.